The molecule has 1 saturated heterocycles. The standard InChI is InChI=1S/C15H20N4OS/c1-11(2)15-17-16-10-19(15)12-5-6-18(9-12)14(20)8-13-4-3-7-21-13/h3-4,7,10-12H,5-6,8-9H2,1-2H3. The Kier molecular flexibility index (Phi) is 4.05. The van der Waals surface area contributed by atoms with Gasteiger partial charge in [-0.25, -0.2) is 0 Å². The van der Waals surface area contributed by atoms with Gasteiger partial charge in [-0.2, -0.15) is 0 Å². The Bertz CT molecular complexity index is 605. The van der Waals surface area contributed by atoms with E-state index in [9.17, 15) is 4.79 Å². The van der Waals surface area contributed by atoms with E-state index in [1.807, 2.05) is 22.4 Å². The fourth-order valence-electron chi connectivity index (χ4n) is 2.82. The number of hydrogen-bond acceptors (Lipinski definition) is 4. The number of rotatable bonds is 4. The molecule has 1 aliphatic heterocycles. The molecule has 2 aromatic rings. The zero-order valence-electron chi connectivity index (χ0n) is 12.4. The fourth-order valence-corrected chi connectivity index (χ4v) is 3.51. The van der Waals surface area contributed by atoms with Gasteiger partial charge in [-0.15, -0.1) is 21.5 Å². The van der Waals surface area contributed by atoms with E-state index < -0.39 is 0 Å². The highest BCUT2D eigenvalue weighted by Crippen LogP contribution is 2.25. The highest BCUT2D eigenvalue weighted by Gasteiger charge is 2.29. The molecule has 0 aliphatic carbocycles. The lowest BCUT2D eigenvalue weighted by molar-refractivity contribution is -0.129. The van der Waals surface area contributed by atoms with E-state index in [0.717, 1.165) is 30.2 Å². The van der Waals surface area contributed by atoms with E-state index in [1.54, 1.807) is 17.7 Å². The number of likely N-dealkylation sites (tertiary alicyclic amines) is 1. The van der Waals surface area contributed by atoms with Crippen LogP contribution >= 0.6 is 11.3 Å². The third-order valence-electron chi connectivity index (χ3n) is 3.93. The maximum Gasteiger partial charge on any atom is 0.227 e. The molecule has 0 radical (unpaired) electrons. The molecule has 3 rings (SSSR count). The van der Waals surface area contributed by atoms with Crippen molar-refractivity contribution >= 4 is 17.2 Å². The summed E-state index contributed by atoms with van der Waals surface area (Å²) in [4.78, 5) is 15.4. The molecule has 0 aromatic carbocycles. The van der Waals surface area contributed by atoms with Crippen molar-refractivity contribution in [2.45, 2.75) is 38.6 Å². The first kappa shape index (κ1) is 14.3. The highest BCUT2D eigenvalue weighted by atomic mass is 32.1. The van der Waals surface area contributed by atoms with Crippen molar-refractivity contribution in [2.75, 3.05) is 13.1 Å². The van der Waals surface area contributed by atoms with Gasteiger partial charge in [0.15, 0.2) is 0 Å². The highest BCUT2D eigenvalue weighted by molar-refractivity contribution is 7.10. The Balaban J connectivity index is 1.65. The van der Waals surface area contributed by atoms with Gasteiger partial charge in [-0.3, -0.25) is 4.79 Å². The lowest BCUT2D eigenvalue weighted by Crippen LogP contribution is -2.30. The van der Waals surface area contributed by atoms with E-state index in [-0.39, 0.29) is 5.91 Å². The van der Waals surface area contributed by atoms with Crippen LogP contribution in [-0.2, 0) is 11.2 Å². The van der Waals surface area contributed by atoms with Crippen LogP contribution in [0.2, 0.25) is 0 Å². The summed E-state index contributed by atoms with van der Waals surface area (Å²) in [5, 5.41) is 10.2. The molecule has 5 nitrogen and oxygen atoms in total. The molecule has 21 heavy (non-hydrogen) atoms. The number of carbonyl (C=O) groups excluding carboxylic acids is 1. The van der Waals surface area contributed by atoms with Crippen LogP contribution in [0, 0.1) is 0 Å². The molecule has 1 unspecified atom stereocenters. The number of hydrogen-bond donors (Lipinski definition) is 0. The van der Waals surface area contributed by atoms with Crippen molar-refractivity contribution in [1.29, 1.82) is 0 Å². The molecule has 1 amide bonds. The maximum atomic E-state index is 12.3. The van der Waals surface area contributed by atoms with Crippen LogP contribution in [0.3, 0.4) is 0 Å². The van der Waals surface area contributed by atoms with Crippen molar-refractivity contribution < 1.29 is 4.79 Å². The van der Waals surface area contributed by atoms with Gasteiger partial charge in [0.05, 0.1) is 12.5 Å². The first-order chi connectivity index (χ1) is 10.1. The number of carbonyl (C=O) groups is 1. The van der Waals surface area contributed by atoms with Crippen molar-refractivity contribution in [3.8, 4) is 0 Å². The topological polar surface area (TPSA) is 51.0 Å². The Hall–Kier alpha value is -1.69. The summed E-state index contributed by atoms with van der Waals surface area (Å²) in [6.07, 6.45) is 3.30. The summed E-state index contributed by atoms with van der Waals surface area (Å²) in [6, 6.07) is 4.32. The van der Waals surface area contributed by atoms with Gasteiger partial charge in [0.1, 0.15) is 12.2 Å². The Morgan fingerprint density at radius 3 is 3.10 bits per heavy atom. The third-order valence-corrected chi connectivity index (χ3v) is 4.81. The molecule has 0 spiro atoms. The predicted molar refractivity (Wildman–Crippen MR) is 82.4 cm³/mol. The molecule has 0 bridgehead atoms. The molecule has 2 aromatic heterocycles. The maximum absolute atomic E-state index is 12.3. The second-order valence-electron chi connectivity index (χ2n) is 5.79. The minimum absolute atomic E-state index is 0.221. The van der Waals surface area contributed by atoms with E-state index >= 15 is 0 Å². The summed E-state index contributed by atoms with van der Waals surface area (Å²) in [5.41, 5.74) is 0. The van der Waals surface area contributed by atoms with E-state index in [0.29, 0.717) is 18.4 Å². The van der Waals surface area contributed by atoms with E-state index in [1.165, 1.54) is 0 Å². The van der Waals surface area contributed by atoms with Crippen molar-refractivity contribution in [1.82, 2.24) is 19.7 Å². The first-order valence-electron chi connectivity index (χ1n) is 7.34. The van der Waals surface area contributed by atoms with Crippen LogP contribution in [0.5, 0.6) is 0 Å². The molecule has 1 aliphatic rings. The molecule has 6 heteroatoms. The average molecular weight is 304 g/mol. The summed E-state index contributed by atoms with van der Waals surface area (Å²) in [5.74, 6) is 1.58. The zero-order valence-corrected chi connectivity index (χ0v) is 13.2. The molecular formula is C15H20N4OS. The second kappa shape index (κ2) is 5.97. The van der Waals surface area contributed by atoms with Crippen LogP contribution in [0.1, 0.15) is 42.9 Å². The second-order valence-corrected chi connectivity index (χ2v) is 6.82. The molecule has 1 fully saturated rings. The minimum Gasteiger partial charge on any atom is -0.340 e. The largest absolute Gasteiger partial charge is 0.340 e. The first-order valence-corrected chi connectivity index (χ1v) is 8.22. The lowest BCUT2D eigenvalue weighted by Gasteiger charge is -2.18. The zero-order chi connectivity index (χ0) is 14.8. The van der Waals surface area contributed by atoms with Gasteiger partial charge in [-0.1, -0.05) is 19.9 Å². The fraction of sp³-hybridized carbons (Fsp3) is 0.533. The number of thiophene rings is 1. The smallest absolute Gasteiger partial charge is 0.227 e. The quantitative estimate of drug-likeness (QED) is 0.872. The molecule has 3 heterocycles. The summed E-state index contributed by atoms with van der Waals surface area (Å²) < 4.78 is 2.14. The monoisotopic (exact) mass is 304 g/mol. The molecular weight excluding hydrogens is 284 g/mol. The van der Waals surface area contributed by atoms with Gasteiger partial charge < -0.3 is 9.47 Å². The van der Waals surface area contributed by atoms with Gasteiger partial charge in [0.25, 0.3) is 0 Å². The Morgan fingerprint density at radius 1 is 1.52 bits per heavy atom. The van der Waals surface area contributed by atoms with Crippen LogP contribution in [0.25, 0.3) is 0 Å². The minimum atomic E-state index is 0.221. The van der Waals surface area contributed by atoms with Gasteiger partial charge >= 0.3 is 0 Å². The van der Waals surface area contributed by atoms with Crippen LogP contribution < -0.4 is 0 Å². The third kappa shape index (κ3) is 3.00. The molecule has 0 saturated carbocycles. The lowest BCUT2D eigenvalue weighted by atomic mass is 10.2. The average Bonchev–Trinajstić information content (AvgIpc) is 3.19. The number of amides is 1. The van der Waals surface area contributed by atoms with Gasteiger partial charge in [0.2, 0.25) is 5.91 Å². The summed E-state index contributed by atoms with van der Waals surface area (Å²) in [7, 11) is 0. The van der Waals surface area contributed by atoms with Crippen LogP contribution in [0.4, 0.5) is 0 Å². The normalized spacial score (nSPS) is 18.6. The van der Waals surface area contributed by atoms with Crippen LogP contribution in [0.15, 0.2) is 23.8 Å². The van der Waals surface area contributed by atoms with Crippen LogP contribution in [-0.4, -0.2) is 38.7 Å². The van der Waals surface area contributed by atoms with Crippen molar-refractivity contribution in [2.24, 2.45) is 0 Å². The number of aromatic nitrogens is 3. The predicted octanol–water partition coefficient (Wildman–Crippen LogP) is 2.48. The van der Waals surface area contributed by atoms with E-state index in [4.69, 9.17) is 0 Å². The van der Waals surface area contributed by atoms with Crippen molar-refractivity contribution in [3.05, 3.63) is 34.5 Å². The van der Waals surface area contributed by atoms with E-state index in [2.05, 4.69) is 28.6 Å². The summed E-state index contributed by atoms with van der Waals surface area (Å²) >= 11 is 1.64. The number of nitrogens with zero attached hydrogens (tertiary/aromatic N) is 4. The van der Waals surface area contributed by atoms with Gasteiger partial charge in [0, 0.05) is 23.9 Å². The molecule has 112 valence electrons. The molecule has 0 N–H and O–H groups in total. The Morgan fingerprint density at radius 2 is 2.38 bits per heavy atom. The SMILES string of the molecule is CC(C)c1nncn1C1CCN(C(=O)Cc2cccs2)C1. The molecule has 1 atom stereocenters. The summed E-state index contributed by atoms with van der Waals surface area (Å²) in [6.45, 7) is 5.83. The Labute approximate surface area is 128 Å². The van der Waals surface area contributed by atoms with Gasteiger partial charge in [-0.05, 0) is 17.9 Å². The van der Waals surface area contributed by atoms with Crippen molar-refractivity contribution in [3.63, 3.8) is 0 Å².